The number of amides is 1. The molecule has 26 heavy (non-hydrogen) atoms. The minimum Gasteiger partial charge on any atom is -0.444 e. The van der Waals surface area contributed by atoms with E-state index >= 15 is 0 Å². The molecule has 2 aromatic rings. The molecule has 2 aromatic heterocycles. The summed E-state index contributed by atoms with van der Waals surface area (Å²) in [6.07, 6.45) is -0.314. The number of aromatic nitrogens is 4. The maximum atomic E-state index is 12.1. The highest BCUT2D eigenvalue weighted by molar-refractivity contribution is 5.69. The zero-order valence-electron chi connectivity index (χ0n) is 15.9. The lowest BCUT2D eigenvalue weighted by molar-refractivity contribution is -0.00404. The van der Waals surface area contributed by atoms with E-state index in [2.05, 4.69) is 10.2 Å². The fourth-order valence-electron chi connectivity index (χ4n) is 2.95. The van der Waals surface area contributed by atoms with Crippen LogP contribution < -0.4 is 5.56 Å². The van der Waals surface area contributed by atoms with Crippen LogP contribution in [0.2, 0.25) is 0 Å². The summed E-state index contributed by atoms with van der Waals surface area (Å²) in [7, 11) is 0. The Morgan fingerprint density at radius 3 is 2.50 bits per heavy atom. The fourth-order valence-corrected chi connectivity index (χ4v) is 2.95. The number of likely N-dealkylation sites (tertiary alicyclic amines) is 1. The van der Waals surface area contributed by atoms with Crippen molar-refractivity contribution in [2.24, 2.45) is 5.92 Å². The number of carbonyl (C=O) groups excluding carboxylic acids is 1. The molecule has 0 radical (unpaired) electrons. The second kappa shape index (κ2) is 6.59. The first-order chi connectivity index (χ1) is 12.1. The first-order valence-corrected chi connectivity index (χ1v) is 8.72. The van der Waals surface area contributed by atoms with Crippen molar-refractivity contribution >= 4 is 6.09 Å². The maximum Gasteiger partial charge on any atom is 0.410 e. The lowest BCUT2D eigenvalue weighted by Gasteiger charge is -2.39. The van der Waals surface area contributed by atoms with Gasteiger partial charge in [-0.25, -0.2) is 14.2 Å². The first kappa shape index (κ1) is 18.2. The number of carbonyl (C=O) groups is 1. The number of hydrogen-bond donors (Lipinski definition) is 0. The van der Waals surface area contributed by atoms with Gasteiger partial charge in [-0.3, -0.25) is 4.79 Å². The number of nitrogens with zero attached hydrogens (tertiary/aromatic N) is 5. The minimum absolute atomic E-state index is 0.161. The standard InChI is InChI=1S/C18H25N5O3/c1-12-8-13(2)23(19-12)15-6-7-16(24)22(20-15)11-14-9-21(10-14)17(25)26-18(3,4)5/h6-8,14H,9-11H2,1-5H3. The Hall–Kier alpha value is -2.64. The van der Waals surface area contributed by atoms with Crippen LogP contribution in [-0.2, 0) is 11.3 Å². The van der Waals surface area contributed by atoms with Crippen molar-refractivity contribution in [3.63, 3.8) is 0 Å². The highest BCUT2D eigenvalue weighted by Crippen LogP contribution is 2.20. The Balaban J connectivity index is 1.66. The summed E-state index contributed by atoms with van der Waals surface area (Å²) in [6.45, 7) is 11.0. The van der Waals surface area contributed by atoms with Crippen LogP contribution in [0.15, 0.2) is 23.0 Å². The van der Waals surface area contributed by atoms with Crippen molar-refractivity contribution in [2.45, 2.75) is 46.8 Å². The van der Waals surface area contributed by atoms with Crippen molar-refractivity contribution in [3.05, 3.63) is 39.9 Å². The van der Waals surface area contributed by atoms with Gasteiger partial charge in [-0.1, -0.05) is 0 Å². The molecule has 0 N–H and O–H groups in total. The maximum absolute atomic E-state index is 12.1. The topological polar surface area (TPSA) is 82.2 Å². The van der Waals surface area contributed by atoms with Gasteiger partial charge < -0.3 is 9.64 Å². The molecule has 3 heterocycles. The fraction of sp³-hybridized carbons (Fsp3) is 0.556. The van der Waals surface area contributed by atoms with Gasteiger partial charge in [0.1, 0.15) is 5.60 Å². The molecular weight excluding hydrogens is 334 g/mol. The normalized spacial score (nSPS) is 15.0. The molecule has 140 valence electrons. The Labute approximate surface area is 152 Å². The Morgan fingerprint density at radius 2 is 1.92 bits per heavy atom. The van der Waals surface area contributed by atoms with Crippen molar-refractivity contribution in [1.29, 1.82) is 0 Å². The summed E-state index contributed by atoms with van der Waals surface area (Å²) >= 11 is 0. The smallest absolute Gasteiger partial charge is 0.410 e. The van der Waals surface area contributed by atoms with Crippen molar-refractivity contribution in [1.82, 2.24) is 24.5 Å². The first-order valence-electron chi connectivity index (χ1n) is 8.72. The molecule has 1 fully saturated rings. The molecule has 0 aliphatic carbocycles. The van der Waals surface area contributed by atoms with E-state index in [1.807, 2.05) is 40.7 Å². The highest BCUT2D eigenvalue weighted by atomic mass is 16.6. The molecule has 0 bridgehead atoms. The van der Waals surface area contributed by atoms with E-state index in [1.165, 1.54) is 10.7 Å². The molecule has 1 aliphatic rings. The summed E-state index contributed by atoms with van der Waals surface area (Å²) in [4.78, 5) is 25.8. The Kier molecular flexibility index (Phi) is 4.60. The van der Waals surface area contributed by atoms with Crippen LogP contribution in [-0.4, -0.2) is 49.2 Å². The predicted molar refractivity (Wildman–Crippen MR) is 96.4 cm³/mol. The van der Waals surface area contributed by atoms with Gasteiger partial charge in [0, 0.05) is 30.8 Å². The summed E-state index contributed by atoms with van der Waals surface area (Å²) in [5.74, 6) is 0.793. The van der Waals surface area contributed by atoms with E-state index < -0.39 is 5.60 Å². The van der Waals surface area contributed by atoms with E-state index in [9.17, 15) is 9.59 Å². The summed E-state index contributed by atoms with van der Waals surface area (Å²) in [6, 6.07) is 5.14. The SMILES string of the molecule is Cc1cc(C)n(-c2ccc(=O)n(CC3CN(C(=O)OC(C)(C)C)C3)n2)n1. The van der Waals surface area contributed by atoms with E-state index in [-0.39, 0.29) is 17.6 Å². The molecule has 3 rings (SSSR count). The molecule has 0 atom stereocenters. The molecule has 1 saturated heterocycles. The largest absolute Gasteiger partial charge is 0.444 e. The third-order valence-corrected chi connectivity index (χ3v) is 4.12. The molecule has 0 saturated carbocycles. The number of ether oxygens (including phenoxy) is 1. The van der Waals surface area contributed by atoms with Crippen LogP contribution in [0, 0.1) is 19.8 Å². The third-order valence-electron chi connectivity index (χ3n) is 4.12. The van der Waals surface area contributed by atoms with Crippen molar-refractivity contribution < 1.29 is 9.53 Å². The highest BCUT2D eigenvalue weighted by Gasteiger charge is 2.34. The van der Waals surface area contributed by atoms with Crippen LogP contribution >= 0.6 is 0 Å². The molecule has 0 unspecified atom stereocenters. The van der Waals surface area contributed by atoms with Gasteiger partial charge in [0.05, 0.1) is 12.2 Å². The third kappa shape index (κ3) is 3.95. The van der Waals surface area contributed by atoms with Crippen LogP contribution in [0.5, 0.6) is 0 Å². The van der Waals surface area contributed by atoms with E-state index in [0.717, 1.165) is 11.4 Å². The van der Waals surface area contributed by atoms with Gasteiger partial charge in [-0.05, 0) is 46.8 Å². The number of hydrogen-bond acceptors (Lipinski definition) is 5. The van der Waals surface area contributed by atoms with Gasteiger partial charge in [0.2, 0.25) is 0 Å². The average molecular weight is 359 g/mol. The molecule has 8 nitrogen and oxygen atoms in total. The van der Waals surface area contributed by atoms with E-state index in [1.54, 1.807) is 15.6 Å². The summed E-state index contributed by atoms with van der Waals surface area (Å²) < 4.78 is 8.52. The molecule has 8 heteroatoms. The zero-order valence-corrected chi connectivity index (χ0v) is 15.9. The number of rotatable bonds is 3. The van der Waals surface area contributed by atoms with Gasteiger partial charge in [0.25, 0.3) is 5.56 Å². The summed E-state index contributed by atoms with van der Waals surface area (Å²) in [5, 5.41) is 8.84. The molecule has 0 spiro atoms. The van der Waals surface area contributed by atoms with Gasteiger partial charge >= 0.3 is 6.09 Å². The number of aryl methyl sites for hydroxylation is 2. The van der Waals surface area contributed by atoms with E-state index in [4.69, 9.17) is 4.74 Å². The molecular formula is C18H25N5O3. The monoisotopic (exact) mass is 359 g/mol. The van der Waals surface area contributed by atoms with Crippen LogP contribution in [0.4, 0.5) is 4.79 Å². The van der Waals surface area contributed by atoms with Crippen LogP contribution in [0.3, 0.4) is 0 Å². The van der Waals surface area contributed by atoms with Gasteiger partial charge in [-0.15, -0.1) is 5.10 Å². The quantitative estimate of drug-likeness (QED) is 0.836. The minimum atomic E-state index is -0.505. The predicted octanol–water partition coefficient (Wildman–Crippen LogP) is 1.91. The second-order valence-electron chi connectivity index (χ2n) is 7.80. The Morgan fingerprint density at radius 1 is 1.23 bits per heavy atom. The van der Waals surface area contributed by atoms with Gasteiger partial charge in [-0.2, -0.15) is 5.10 Å². The van der Waals surface area contributed by atoms with Crippen LogP contribution in [0.25, 0.3) is 5.82 Å². The van der Waals surface area contributed by atoms with Crippen molar-refractivity contribution in [2.75, 3.05) is 13.1 Å². The second-order valence-corrected chi connectivity index (χ2v) is 7.80. The van der Waals surface area contributed by atoms with Crippen molar-refractivity contribution in [3.8, 4) is 5.82 Å². The average Bonchev–Trinajstić information content (AvgIpc) is 2.81. The van der Waals surface area contributed by atoms with Gasteiger partial charge in [0.15, 0.2) is 5.82 Å². The molecule has 1 amide bonds. The zero-order chi connectivity index (χ0) is 19.1. The lowest BCUT2D eigenvalue weighted by Crippen LogP contribution is -2.53. The molecule has 0 aromatic carbocycles. The summed E-state index contributed by atoms with van der Waals surface area (Å²) in [5.41, 5.74) is 1.19. The van der Waals surface area contributed by atoms with Crippen LogP contribution in [0.1, 0.15) is 32.2 Å². The Bertz CT molecular complexity index is 872. The van der Waals surface area contributed by atoms with E-state index in [0.29, 0.717) is 25.5 Å². The molecule has 1 aliphatic heterocycles. The lowest BCUT2D eigenvalue weighted by atomic mass is 10.0.